The predicted molar refractivity (Wildman–Crippen MR) is 74.6 cm³/mol. The van der Waals surface area contributed by atoms with E-state index in [-0.39, 0.29) is 31.1 Å². The van der Waals surface area contributed by atoms with Crippen molar-refractivity contribution in [3.05, 3.63) is 41.7 Å². The number of benzene rings is 1. The van der Waals surface area contributed by atoms with E-state index < -0.39 is 5.97 Å². The van der Waals surface area contributed by atoms with Crippen molar-refractivity contribution >= 4 is 18.0 Å². The minimum Gasteiger partial charge on any atom is -0.481 e. The third-order valence-corrected chi connectivity index (χ3v) is 2.80. The van der Waals surface area contributed by atoms with Gasteiger partial charge in [0.15, 0.2) is 0 Å². The molecule has 1 aromatic carbocycles. The highest BCUT2D eigenvalue weighted by Gasteiger charge is 2.11. The molecule has 0 heterocycles. The smallest absolute Gasteiger partial charge is 0.305 e. The molecule has 0 bridgehead atoms. The van der Waals surface area contributed by atoms with Crippen molar-refractivity contribution in [3.8, 4) is 0 Å². The van der Waals surface area contributed by atoms with Gasteiger partial charge in [0.25, 0.3) is 0 Å². The van der Waals surface area contributed by atoms with Crippen LogP contribution in [0, 0.1) is 5.82 Å². The van der Waals surface area contributed by atoms with Gasteiger partial charge in [-0.05, 0) is 24.6 Å². The largest absolute Gasteiger partial charge is 0.481 e. The van der Waals surface area contributed by atoms with E-state index in [0.29, 0.717) is 6.54 Å². The molecule has 1 rings (SSSR count). The molecule has 0 unspecified atom stereocenters. The second-order valence-corrected chi connectivity index (χ2v) is 4.28. The van der Waals surface area contributed by atoms with Gasteiger partial charge < -0.3 is 10.0 Å². The normalized spacial score (nSPS) is 10.7. The molecule has 0 atom stereocenters. The van der Waals surface area contributed by atoms with Crippen LogP contribution in [0.4, 0.5) is 4.39 Å². The third-order valence-electron chi connectivity index (χ3n) is 2.80. The van der Waals surface area contributed by atoms with Crippen LogP contribution in [0.25, 0.3) is 6.08 Å². The Morgan fingerprint density at radius 3 is 2.50 bits per heavy atom. The van der Waals surface area contributed by atoms with E-state index in [0.717, 1.165) is 5.56 Å². The maximum absolute atomic E-state index is 12.7. The Morgan fingerprint density at radius 2 is 1.95 bits per heavy atom. The van der Waals surface area contributed by atoms with Gasteiger partial charge in [-0.15, -0.1) is 0 Å². The van der Waals surface area contributed by atoms with Crippen molar-refractivity contribution in [2.75, 3.05) is 13.1 Å². The zero-order chi connectivity index (χ0) is 15.0. The van der Waals surface area contributed by atoms with Gasteiger partial charge in [0.05, 0.1) is 6.42 Å². The number of nitrogens with zero attached hydrogens (tertiary/aromatic N) is 1. The summed E-state index contributed by atoms with van der Waals surface area (Å²) >= 11 is 0. The first-order valence-corrected chi connectivity index (χ1v) is 6.44. The third kappa shape index (κ3) is 5.65. The van der Waals surface area contributed by atoms with Gasteiger partial charge in [0, 0.05) is 19.5 Å². The molecule has 0 aromatic heterocycles. The van der Waals surface area contributed by atoms with Crippen molar-refractivity contribution < 1.29 is 19.1 Å². The number of rotatable bonds is 7. The standard InChI is InChI=1S/C15H18FNO3/c1-2-17(11-10-15(19)20)14(18)5-3-4-12-6-8-13(16)9-7-12/h3-4,6-9H,2,5,10-11H2,1H3,(H,19,20)/b4-3+. The first-order chi connectivity index (χ1) is 9.52. The number of hydrogen-bond acceptors (Lipinski definition) is 2. The summed E-state index contributed by atoms with van der Waals surface area (Å²) in [6, 6.07) is 5.95. The monoisotopic (exact) mass is 279 g/mol. The highest BCUT2D eigenvalue weighted by atomic mass is 19.1. The van der Waals surface area contributed by atoms with Crippen LogP contribution in [0.15, 0.2) is 30.3 Å². The zero-order valence-corrected chi connectivity index (χ0v) is 11.4. The lowest BCUT2D eigenvalue weighted by atomic mass is 10.2. The second kappa shape index (κ2) is 8.09. The van der Waals surface area contributed by atoms with E-state index in [2.05, 4.69) is 0 Å². The number of hydrogen-bond donors (Lipinski definition) is 1. The van der Waals surface area contributed by atoms with E-state index in [9.17, 15) is 14.0 Å². The first-order valence-electron chi connectivity index (χ1n) is 6.44. The first kappa shape index (κ1) is 15.9. The average molecular weight is 279 g/mol. The highest BCUT2D eigenvalue weighted by molar-refractivity contribution is 5.79. The van der Waals surface area contributed by atoms with E-state index >= 15 is 0 Å². The van der Waals surface area contributed by atoms with Crippen molar-refractivity contribution in [3.63, 3.8) is 0 Å². The Kier molecular flexibility index (Phi) is 6.43. The summed E-state index contributed by atoms with van der Waals surface area (Å²) in [6.45, 7) is 2.51. The molecule has 0 fully saturated rings. The lowest BCUT2D eigenvalue weighted by Crippen LogP contribution is -2.32. The Balaban J connectivity index is 2.48. The summed E-state index contributed by atoms with van der Waals surface area (Å²) in [4.78, 5) is 23.8. The number of carbonyl (C=O) groups excluding carboxylic acids is 1. The molecule has 0 aliphatic rings. The summed E-state index contributed by atoms with van der Waals surface area (Å²) in [5, 5.41) is 8.60. The Morgan fingerprint density at radius 1 is 1.30 bits per heavy atom. The fourth-order valence-electron chi connectivity index (χ4n) is 1.69. The molecule has 1 aromatic rings. The lowest BCUT2D eigenvalue weighted by molar-refractivity contribution is -0.138. The number of aliphatic carboxylic acids is 1. The lowest BCUT2D eigenvalue weighted by Gasteiger charge is -2.18. The van der Waals surface area contributed by atoms with Crippen molar-refractivity contribution in [2.24, 2.45) is 0 Å². The van der Waals surface area contributed by atoms with Gasteiger partial charge in [-0.1, -0.05) is 24.3 Å². The number of carboxylic acid groups (broad SMARTS) is 1. The van der Waals surface area contributed by atoms with Crippen LogP contribution in [-0.2, 0) is 9.59 Å². The summed E-state index contributed by atoms with van der Waals surface area (Å²) in [6.07, 6.45) is 3.58. The van der Waals surface area contributed by atoms with E-state index in [1.54, 1.807) is 24.3 Å². The molecular weight excluding hydrogens is 261 g/mol. The van der Waals surface area contributed by atoms with Crippen molar-refractivity contribution in [2.45, 2.75) is 19.8 Å². The molecule has 0 aliphatic heterocycles. The van der Waals surface area contributed by atoms with Gasteiger partial charge in [0.1, 0.15) is 5.82 Å². The SMILES string of the molecule is CCN(CCC(=O)O)C(=O)C/C=C/c1ccc(F)cc1. The van der Waals surface area contributed by atoms with Crippen molar-refractivity contribution in [1.82, 2.24) is 4.90 Å². The van der Waals surface area contributed by atoms with Crippen LogP contribution >= 0.6 is 0 Å². The quantitative estimate of drug-likeness (QED) is 0.834. The number of amides is 1. The van der Waals surface area contributed by atoms with E-state index in [4.69, 9.17) is 5.11 Å². The molecule has 5 heteroatoms. The minimum absolute atomic E-state index is 0.0543. The molecular formula is C15H18FNO3. The van der Waals surface area contributed by atoms with Crippen LogP contribution in [0.2, 0.25) is 0 Å². The molecule has 108 valence electrons. The Labute approximate surface area is 117 Å². The number of carboxylic acids is 1. The molecule has 0 saturated carbocycles. The van der Waals surface area contributed by atoms with Gasteiger partial charge in [0.2, 0.25) is 5.91 Å². The Hall–Kier alpha value is -2.17. The summed E-state index contributed by atoms with van der Waals surface area (Å²) in [7, 11) is 0. The topological polar surface area (TPSA) is 57.6 Å². The van der Waals surface area contributed by atoms with Gasteiger partial charge in [-0.25, -0.2) is 4.39 Å². The maximum atomic E-state index is 12.7. The zero-order valence-electron chi connectivity index (χ0n) is 11.4. The molecule has 20 heavy (non-hydrogen) atoms. The van der Waals surface area contributed by atoms with Crippen LogP contribution in [0.3, 0.4) is 0 Å². The van der Waals surface area contributed by atoms with Crippen LogP contribution in [-0.4, -0.2) is 35.0 Å². The predicted octanol–water partition coefficient (Wildman–Crippen LogP) is 2.55. The summed E-state index contributed by atoms with van der Waals surface area (Å²) in [5.41, 5.74) is 0.813. The molecule has 0 radical (unpaired) electrons. The Bertz CT molecular complexity index is 482. The van der Waals surface area contributed by atoms with Gasteiger partial charge in [-0.3, -0.25) is 9.59 Å². The summed E-state index contributed by atoms with van der Waals surface area (Å²) in [5.74, 6) is -1.34. The van der Waals surface area contributed by atoms with Crippen LogP contribution in [0.5, 0.6) is 0 Å². The van der Waals surface area contributed by atoms with Gasteiger partial charge in [-0.2, -0.15) is 0 Å². The van der Waals surface area contributed by atoms with Crippen molar-refractivity contribution in [1.29, 1.82) is 0 Å². The molecule has 0 aliphatic carbocycles. The summed E-state index contributed by atoms with van der Waals surface area (Å²) < 4.78 is 12.7. The van der Waals surface area contributed by atoms with E-state index in [1.165, 1.54) is 17.0 Å². The fourth-order valence-corrected chi connectivity index (χ4v) is 1.69. The maximum Gasteiger partial charge on any atom is 0.305 e. The average Bonchev–Trinajstić information content (AvgIpc) is 2.41. The molecule has 1 N–H and O–H groups in total. The van der Waals surface area contributed by atoms with Gasteiger partial charge >= 0.3 is 5.97 Å². The molecule has 1 amide bonds. The molecule has 0 saturated heterocycles. The second-order valence-electron chi connectivity index (χ2n) is 4.28. The molecule has 0 spiro atoms. The number of halogens is 1. The minimum atomic E-state index is -0.918. The number of carbonyl (C=O) groups is 2. The molecule has 4 nitrogen and oxygen atoms in total. The fraction of sp³-hybridized carbons (Fsp3) is 0.333. The van der Waals surface area contributed by atoms with Crippen LogP contribution < -0.4 is 0 Å². The van der Waals surface area contributed by atoms with E-state index in [1.807, 2.05) is 6.92 Å². The van der Waals surface area contributed by atoms with Crippen LogP contribution in [0.1, 0.15) is 25.3 Å². The highest BCUT2D eigenvalue weighted by Crippen LogP contribution is 2.06.